The Hall–Kier alpha value is -2.14. The highest BCUT2D eigenvalue weighted by Crippen LogP contribution is 2.25. The fraction of sp³-hybridized carbons (Fsp3) is 0.444. The van der Waals surface area contributed by atoms with E-state index in [4.69, 9.17) is 10.2 Å². The van der Waals surface area contributed by atoms with E-state index in [0.717, 1.165) is 16.9 Å². The Labute approximate surface area is 137 Å². The van der Waals surface area contributed by atoms with Gasteiger partial charge in [0.05, 0.1) is 17.8 Å². The molecule has 124 valence electrons. The van der Waals surface area contributed by atoms with E-state index in [1.165, 1.54) is 5.56 Å². The van der Waals surface area contributed by atoms with Crippen molar-refractivity contribution < 1.29 is 9.90 Å². The maximum absolute atomic E-state index is 10.6. The number of carbonyl (C=O) groups is 1. The second kappa shape index (κ2) is 6.96. The molecular formula is C18H25N3O2. The second-order valence-electron chi connectivity index (χ2n) is 6.85. The molecule has 0 aliphatic rings. The van der Waals surface area contributed by atoms with Gasteiger partial charge < -0.3 is 10.4 Å². The predicted octanol–water partition coefficient (Wildman–Crippen LogP) is 3.04. The molecule has 0 aliphatic carbocycles. The summed E-state index contributed by atoms with van der Waals surface area (Å²) in [4.78, 5) is 10.6. The van der Waals surface area contributed by atoms with Crippen LogP contribution in [0.2, 0.25) is 0 Å². The van der Waals surface area contributed by atoms with Crippen molar-refractivity contribution in [2.75, 3.05) is 6.54 Å². The predicted molar refractivity (Wildman–Crippen MR) is 91.0 cm³/mol. The number of aryl methyl sites for hydroxylation is 1. The van der Waals surface area contributed by atoms with E-state index in [1.807, 2.05) is 10.9 Å². The van der Waals surface area contributed by atoms with Crippen LogP contribution < -0.4 is 5.32 Å². The number of rotatable bonds is 6. The molecule has 23 heavy (non-hydrogen) atoms. The maximum Gasteiger partial charge on any atom is 0.304 e. The molecule has 0 saturated carbocycles. The van der Waals surface area contributed by atoms with Gasteiger partial charge in [-0.2, -0.15) is 5.10 Å². The van der Waals surface area contributed by atoms with Crippen molar-refractivity contribution in [3.63, 3.8) is 0 Å². The zero-order chi connectivity index (χ0) is 17.0. The molecule has 0 bridgehead atoms. The van der Waals surface area contributed by atoms with Crippen molar-refractivity contribution in [3.05, 3.63) is 47.3 Å². The molecule has 2 aromatic rings. The van der Waals surface area contributed by atoms with E-state index in [0.29, 0.717) is 13.1 Å². The molecule has 0 radical (unpaired) electrons. The number of aliphatic carboxylic acids is 1. The van der Waals surface area contributed by atoms with Gasteiger partial charge in [0, 0.05) is 30.3 Å². The van der Waals surface area contributed by atoms with E-state index in [2.05, 4.69) is 57.3 Å². The minimum Gasteiger partial charge on any atom is -0.481 e. The summed E-state index contributed by atoms with van der Waals surface area (Å²) in [7, 11) is 0. The first-order valence-electron chi connectivity index (χ1n) is 7.86. The van der Waals surface area contributed by atoms with Crippen LogP contribution in [0.25, 0.3) is 5.69 Å². The van der Waals surface area contributed by atoms with Gasteiger partial charge in [-0.15, -0.1) is 0 Å². The molecule has 0 unspecified atom stereocenters. The molecule has 0 fully saturated rings. The quantitative estimate of drug-likeness (QED) is 0.804. The fourth-order valence-electron chi connectivity index (χ4n) is 2.42. The van der Waals surface area contributed by atoms with E-state index >= 15 is 0 Å². The number of hydrogen-bond acceptors (Lipinski definition) is 3. The van der Waals surface area contributed by atoms with E-state index in [-0.39, 0.29) is 11.8 Å². The van der Waals surface area contributed by atoms with Crippen LogP contribution >= 0.6 is 0 Å². The van der Waals surface area contributed by atoms with Gasteiger partial charge in [0.25, 0.3) is 0 Å². The molecule has 0 saturated heterocycles. The number of carboxylic acids is 1. The lowest BCUT2D eigenvalue weighted by Crippen LogP contribution is -2.21. The van der Waals surface area contributed by atoms with Gasteiger partial charge in [0.15, 0.2) is 0 Å². The van der Waals surface area contributed by atoms with Crippen LogP contribution in [0, 0.1) is 6.92 Å². The molecule has 0 amide bonds. The van der Waals surface area contributed by atoms with Crippen molar-refractivity contribution in [3.8, 4) is 5.69 Å². The van der Waals surface area contributed by atoms with Gasteiger partial charge in [-0.05, 0) is 19.1 Å². The summed E-state index contributed by atoms with van der Waals surface area (Å²) in [5.74, 6) is -0.788. The van der Waals surface area contributed by atoms with Crippen LogP contribution in [-0.4, -0.2) is 27.4 Å². The lowest BCUT2D eigenvalue weighted by Gasteiger charge is -2.17. The minimum absolute atomic E-state index is 0.0697. The van der Waals surface area contributed by atoms with Crippen LogP contribution in [0.3, 0.4) is 0 Å². The van der Waals surface area contributed by atoms with Gasteiger partial charge in [0.1, 0.15) is 0 Å². The molecule has 0 aliphatic heterocycles. The highest BCUT2D eigenvalue weighted by atomic mass is 16.4. The maximum atomic E-state index is 10.6. The molecule has 0 atom stereocenters. The van der Waals surface area contributed by atoms with E-state index < -0.39 is 5.97 Å². The zero-order valence-corrected chi connectivity index (χ0v) is 14.3. The van der Waals surface area contributed by atoms with Gasteiger partial charge >= 0.3 is 5.97 Å². The van der Waals surface area contributed by atoms with Gasteiger partial charge in [-0.1, -0.05) is 38.5 Å². The number of nitrogens with zero attached hydrogens (tertiary/aromatic N) is 2. The summed E-state index contributed by atoms with van der Waals surface area (Å²) in [6.07, 6.45) is 2.15. The Bertz CT molecular complexity index is 667. The number of nitrogens with one attached hydrogen (secondary N) is 1. The van der Waals surface area contributed by atoms with Gasteiger partial charge in [-0.25, -0.2) is 4.68 Å². The topological polar surface area (TPSA) is 67.2 Å². The van der Waals surface area contributed by atoms with Crippen molar-refractivity contribution in [2.45, 2.75) is 46.1 Å². The van der Waals surface area contributed by atoms with E-state index in [1.54, 1.807) is 0 Å². The lowest BCUT2D eigenvalue weighted by molar-refractivity contribution is -0.136. The Balaban J connectivity index is 2.22. The third-order valence-electron chi connectivity index (χ3n) is 3.63. The Morgan fingerprint density at radius 2 is 1.91 bits per heavy atom. The van der Waals surface area contributed by atoms with Crippen molar-refractivity contribution in [2.24, 2.45) is 0 Å². The third kappa shape index (κ3) is 4.66. The summed E-state index contributed by atoms with van der Waals surface area (Å²) < 4.78 is 1.90. The molecule has 5 heteroatoms. The van der Waals surface area contributed by atoms with Crippen molar-refractivity contribution >= 4 is 5.97 Å². The summed E-state index contributed by atoms with van der Waals surface area (Å²) in [5.41, 5.74) is 4.30. The monoisotopic (exact) mass is 315 g/mol. The smallest absolute Gasteiger partial charge is 0.304 e. The van der Waals surface area contributed by atoms with Crippen LogP contribution in [0.5, 0.6) is 0 Å². The summed E-state index contributed by atoms with van der Waals surface area (Å²) in [6.45, 7) is 9.53. The highest BCUT2D eigenvalue weighted by molar-refractivity contribution is 5.66. The van der Waals surface area contributed by atoms with Crippen LogP contribution in [0.15, 0.2) is 30.5 Å². The molecule has 1 aromatic heterocycles. The van der Waals surface area contributed by atoms with Crippen LogP contribution in [-0.2, 0) is 16.8 Å². The average Bonchev–Trinajstić information content (AvgIpc) is 2.88. The van der Waals surface area contributed by atoms with Gasteiger partial charge in [0.2, 0.25) is 0 Å². The van der Waals surface area contributed by atoms with Gasteiger partial charge in [-0.3, -0.25) is 4.79 Å². The largest absolute Gasteiger partial charge is 0.481 e. The normalized spacial score (nSPS) is 11.7. The molecule has 2 rings (SSSR count). The van der Waals surface area contributed by atoms with Crippen molar-refractivity contribution in [1.82, 2.24) is 15.1 Å². The zero-order valence-electron chi connectivity index (χ0n) is 14.3. The lowest BCUT2D eigenvalue weighted by atomic mass is 9.89. The van der Waals surface area contributed by atoms with Crippen LogP contribution in [0.4, 0.5) is 0 Å². The Kier molecular flexibility index (Phi) is 5.21. The molecule has 5 nitrogen and oxygen atoms in total. The summed E-state index contributed by atoms with van der Waals surface area (Å²) >= 11 is 0. The van der Waals surface area contributed by atoms with Crippen molar-refractivity contribution in [1.29, 1.82) is 0 Å². The first kappa shape index (κ1) is 17.2. The fourth-order valence-corrected chi connectivity index (χ4v) is 2.42. The third-order valence-corrected chi connectivity index (χ3v) is 3.63. The number of carboxylic acid groups (broad SMARTS) is 1. The molecule has 1 heterocycles. The Morgan fingerprint density at radius 1 is 1.26 bits per heavy atom. The Morgan fingerprint density at radius 3 is 2.48 bits per heavy atom. The highest BCUT2D eigenvalue weighted by Gasteiger charge is 2.22. The summed E-state index contributed by atoms with van der Waals surface area (Å²) in [5, 5.41) is 16.7. The number of hydrogen-bond donors (Lipinski definition) is 2. The summed E-state index contributed by atoms with van der Waals surface area (Å²) in [6, 6.07) is 8.24. The van der Waals surface area contributed by atoms with Crippen LogP contribution in [0.1, 0.15) is 44.0 Å². The molecular weight excluding hydrogens is 290 g/mol. The average molecular weight is 315 g/mol. The molecule has 1 aromatic carbocycles. The standard InChI is InChI=1S/C18H25N3O2/c1-13-5-7-15(8-6-13)21-12-14(11-19-10-9-16(22)23)17(20-21)18(2,3)4/h5-8,12,19H,9-11H2,1-4H3,(H,22,23). The second-order valence-corrected chi connectivity index (χ2v) is 6.85. The first-order chi connectivity index (χ1) is 10.8. The number of aromatic nitrogens is 2. The minimum atomic E-state index is -0.788. The van der Waals surface area contributed by atoms with E-state index in [9.17, 15) is 4.79 Å². The molecule has 0 spiro atoms. The first-order valence-corrected chi connectivity index (χ1v) is 7.86. The SMILES string of the molecule is Cc1ccc(-n2cc(CNCCC(=O)O)c(C(C)(C)C)n2)cc1. The molecule has 2 N–H and O–H groups in total. The number of benzene rings is 1.